The van der Waals surface area contributed by atoms with Crippen LogP contribution in [0, 0.1) is 11.6 Å². The van der Waals surface area contributed by atoms with Crippen molar-refractivity contribution in [3.63, 3.8) is 0 Å². The molecule has 3 rings (SSSR count). The van der Waals surface area contributed by atoms with Gasteiger partial charge in [0.05, 0.1) is 11.9 Å². The zero-order valence-electron chi connectivity index (χ0n) is 22.9. The van der Waals surface area contributed by atoms with Gasteiger partial charge in [0.25, 0.3) is 0 Å². The summed E-state index contributed by atoms with van der Waals surface area (Å²) in [4.78, 5) is 28.5. The largest absolute Gasteiger partial charge is 0.352 e. The molecule has 2 amide bonds. The minimum atomic E-state index is -3.71. The Morgan fingerprint density at radius 1 is 0.900 bits per heavy atom. The summed E-state index contributed by atoms with van der Waals surface area (Å²) in [6.07, 6.45) is 1.28. The van der Waals surface area contributed by atoms with Crippen LogP contribution < -0.4 is 9.62 Å². The maximum absolute atomic E-state index is 14.7. The number of hydrogen-bond acceptors (Lipinski definition) is 4. The van der Waals surface area contributed by atoms with Crippen LogP contribution in [-0.4, -0.2) is 50.0 Å². The average Bonchev–Trinajstić information content (AvgIpc) is 2.89. The fraction of sp³-hybridized carbons (Fsp3) is 0.333. The Kier molecular flexibility index (Phi) is 10.8. The Labute approximate surface area is 234 Å². The monoisotopic (exact) mass is 571 g/mol. The molecule has 0 aliphatic heterocycles. The van der Waals surface area contributed by atoms with E-state index in [0.29, 0.717) is 0 Å². The molecule has 0 fully saturated rings. The SMILES string of the molecule is CC(C)NC(=O)C(Cc1ccccc1)N(Cc1ccccc1F)C(=O)CCCN(c1ccc(F)cc1)S(C)(=O)=O. The molecule has 3 aromatic rings. The molecule has 0 radical (unpaired) electrons. The first-order chi connectivity index (χ1) is 19.0. The maximum atomic E-state index is 14.7. The van der Waals surface area contributed by atoms with Crippen LogP contribution in [0.3, 0.4) is 0 Å². The van der Waals surface area contributed by atoms with Crippen molar-refractivity contribution in [1.29, 1.82) is 0 Å². The Morgan fingerprint density at radius 2 is 1.52 bits per heavy atom. The summed E-state index contributed by atoms with van der Waals surface area (Å²) in [6.45, 7) is 3.46. The van der Waals surface area contributed by atoms with E-state index in [4.69, 9.17) is 0 Å². The molecular formula is C30H35F2N3O4S. The predicted octanol–water partition coefficient (Wildman–Crippen LogP) is 4.68. The fourth-order valence-corrected chi connectivity index (χ4v) is 5.32. The lowest BCUT2D eigenvalue weighted by molar-refractivity contribution is -0.141. The lowest BCUT2D eigenvalue weighted by Crippen LogP contribution is -2.52. The van der Waals surface area contributed by atoms with Crippen LogP contribution in [0.1, 0.15) is 37.8 Å². The first kappa shape index (κ1) is 30.7. The molecule has 10 heteroatoms. The van der Waals surface area contributed by atoms with Crippen LogP contribution in [0.5, 0.6) is 0 Å². The number of benzene rings is 3. The lowest BCUT2D eigenvalue weighted by Gasteiger charge is -2.32. The summed E-state index contributed by atoms with van der Waals surface area (Å²) in [5, 5.41) is 2.87. The fourth-order valence-electron chi connectivity index (χ4n) is 4.36. The van der Waals surface area contributed by atoms with Crippen molar-refractivity contribution < 1.29 is 26.8 Å². The molecule has 1 unspecified atom stereocenters. The third-order valence-electron chi connectivity index (χ3n) is 6.27. The summed E-state index contributed by atoms with van der Waals surface area (Å²) in [7, 11) is -3.71. The number of anilines is 1. The summed E-state index contributed by atoms with van der Waals surface area (Å²) in [5.41, 5.74) is 1.37. The molecule has 0 aliphatic rings. The van der Waals surface area contributed by atoms with Crippen molar-refractivity contribution in [3.8, 4) is 0 Å². The van der Waals surface area contributed by atoms with E-state index < -0.39 is 33.6 Å². The molecule has 0 saturated carbocycles. The van der Waals surface area contributed by atoms with E-state index in [2.05, 4.69) is 5.32 Å². The average molecular weight is 572 g/mol. The number of halogens is 2. The van der Waals surface area contributed by atoms with Crippen molar-refractivity contribution in [1.82, 2.24) is 10.2 Å². The topological polar surface area (TPSA) is 86.8 Å². The molecular weight excluding hydrogens is 536 g/mol. The van der Waals surface area contributed by atoms with Crippen molar-refractivity contribution in [2.45, 2.75) is 51.7 Å². The van der Waals surface area contributed by atoms with Crippen molar-refractivity contribution in [3.05, 3.63) is 102 Å². The Hall–Kier alpha value is -3.79. The third-order valence-corrected chi connectivity index (χ3v) is 7.46. The second-order valence-corrected chi connectivity index (χ2v) is 11.8. The number of sulfonamides is 1. The molecule has 0 spiro atoms. The highest BCUT2D eigenvalue weighted by Gasteiger charge is 2.31. The zero-order valence-corrected chi connectivity index (χ0v) is 23.7. The molecule has 0 heterocycles. The van der Waals surface area contributed by atoms with Gasteiger partial charge in [-0.2, -0.15) is 0 Å². The number of carbonyl (C=O) groups is 2. The van der Waals surface area contributed by atoms with Crippen LogP contribution in [0.4, 0.5) is 14.5 Å². The van der Waals surface area contributed by atoms with E-state index in [-0.39, 0.29) is 55.6 Å². The first-order valence-electron chi connectivity index (χ1n) is 13.1. The Balaban J connectivity index is 1.88. The Bertz CT molecular complexity index is 1380. The van der Waals surface area contributed by atoms with E-state index >= 15 is 0 Å². The molecule has 0 aliphatic carbocycles. The lowest BCUT2D eigenvalue weighted by atomic mass is 10.0. The van der Waals surface area contributed by atoms with Gasteiger partial charge in [0.2, 0.25) is 21.8 Å². The van der Waals surface area contributed by atoms with Gasteiger partial charge in [-0.05, 0) is 56.2 Å². The number of rotatable bonds is 13. The van der Waals surface area contributed by atoms with E-state index in [1.165, 1.54) is 23.1 Å². The summed E-state index contributed by atoms with van der Waals surface area (Å²) in [5.74, 6) is -1.79. The van der Waals surface area contributed by atoms with E-state index in [1.54, 1.807) is 18.2 Å². The molecule has 40 heavy (non-hydrogen) atoms. The first-order valence-corrected chi connectivity index (χ1v) is 14.9. The molecule has 3 aromatic carbocycles. The van der Waals surface area contributed by atoms with Gasteiger partial charge in [0.1, 0.15) is 17.7 Å². The molecule has 214 valence electrons. The van der Waals surface area contributed by atoms with Crippen LogP contribution >= 0.6 is 0 Å². The van der Waals surface area contributed by atoms with Crippen molar-refractivity contribution >= 4 is 27.5 Å². The Morgan fingerprint density at radius 3 is 2.12 bits per heavy atom. The molecule has 0 bridgehead atoms. The van der Waals surface area contributed by atoms with Crippen molar-refractivity contribution in [2.24, 2.45) is 0 Å². The summed E-state index contributed by atoms with van der Waals surface area (Å²) >= 11 is 0. The molecule has 0 saturated heterocycles. The number of nitrogens with zero attached hydrogens (tertiary/aromatic N) is 2. The maximum Gasteiger partial charge on any atom is 0.243 e. The molecule has 0 aromatic heterocycles. The number of hydrogen-bond donors (Lipinski definition) is 1. The van der Waals surface area contributed by atoms with E-state index in [9.17, 15) is 26.8 Å². The standard InChI is InChI=1S/C30H35F2N3O4S/c1-22(2)33-30(37)28(20-23-10-5-4-6-11-23)34(21-24-12-7-8-13-27(24)32)29(36)14-9-19-35(40(3,38)39)26-17-15-25(31)16-18-26/h4-8,10-13,15-18,22,28H,9,14,19-21H2,1-3H3,(H,33,37). The normalized spacial score (nSPS) is 12.2. The van der Waals surface area contributed by atoms with Crippen LogP contribution in [-0.2, 0) is 32.6 Å². The highest BCUT2D eigenvalue weighted by Crippen LogP contribution is 2.21. The number of amides is 2. The second-order valence-electron chi connectivity index (χ2n) is 9.90. The predicted molar refractivity (Wildman–Crippen MR) is 152 cm³/mol. The summed E-state index contributed by atoms with van der Waals surface area (Å²) in [6, 6.07) is 19.2. The number of carbonyl (C=O) groups excluding carboxylic acids is 2. The van der Waals surface area contributed by atoms with Crippen LogP contribution in [0.15, 0.2) is 78.9 Å². The van der Waals surface area contributed by atoms with Gasteiger partial charge in [0, 0.05) is 37.5 Å². The zero-order chi connectivity index (χ0) is 29.3. The molecule has 1 atom stereocenters. The van der Waals surface area contributed by atoms with E-state index in [0.717, 1.165) is 28.3 Å². The quantitative estimate of drug-likeness (QED) is 0.323. The highest BCUT2D eigenvalue weighted by atomic mass is 32.2. The number of nitrogens with one attached hydrogen (secondary N) is 1. The van der Waals surface area contributed by atoms with Gasteiger partial charge in [-0.25, -0.2) is 17.2 Å². The van der Waals surface area contributed by atoms with Gasteiger partial charge >= 0.3 is 0 Å². The second kappa shape index (κ2) is 14.0. The van der Waals surface area contributed by atoms with Crippen molar-refractivity contribution in [2.75, 3.05) is 17.1 Å². The van der Waals surface area contributed by atoms with Crippen LogP contribution in [0.25, 0.3) is 0 Å². The van der Waals surface area contributed by atoms with Gasteiger partial charge in [-0.15, -0.1) is 0 Å². The van der Waals surface area contributed by atoms with Crippen LogP contribution in [0.2, 0.25) is 0 Å². The molecule has 7 nitrogen and oxygen atoms in total. The third kappa shape index (κ3) is 8.87. The highest BCUT2D eigenvalue weighted by molar-refractivity contribution is 7.92. The van der Waals surface area contributed by atoms with E-state index in [1.807, 2.05) is 44.2 Å². The van der Waals surface area contributed by atoms with Gasteiger partial charge in [-0.3, -0.25) is 13.9 Å². The summed E-state index contributed by atoms with van der Waals surface area (Å²) < 4.78 is 54.1. The molecule has 1 N–H and O–H groups in total. The smallest absolute Gasteiger partial charge is 0.243 e. The van der Waals surface area contributed by atoms with Gasteiger partial charge in [-0.1, -0.05) is 48.5 Å². The minimum Gasteiger partial charge on any atom is -0.352 e. The van der Waals surface area contributed by atoms with Gasteiger partial charge in [0.15, 0.2) is 0 Å². The van der Waals surface area contributed by atoms with Gasteiger partial charge < -0.3 is 10.2 Å². The minimum absolute atomic E-state index is 0.0364.